The fraction of sp³-hybridized carbons (Fsp3) is 1.00. The minimum Gasteiger partial charge on any atom is -0.297 e. The fourth-order valence-electron chi connectivity index (χ4n) is 2.18. The molecule has 0 aromatic heterocycles. The van der Waals surface area contributed by atoms with Crippen LogP contribution in [-0.2, 0) is 0 Å². The van der Waals surface area contributed by atoms with E-state index in [4.69, 9.17) is 0 Å². The van der Waals surface area contributed by atoms with Gasteiger partial charge in [-0.1, -0.05) is 6.92 Å². The molecule has 0 aromatic rings. The van der Waals surface area contributed by atoms with Gasteiger partial charge < -0.3 is 0 Å². The molecule has 2 rings (SSSR count). The lowest BCUT2D eigenvalue weighted by Gasteiger charge is -2.22. The molecular weight excluding hydrogens is 122 g/mol. The Bertz CT molecular complexity index is 118. The van der Waals surface area contributed by atoms with Gasteiger partial charge in [-0.05, 0) is 38.6 Å². The van der Waals surface area contributed by atoms with E-state index < -0.39 is 0 Å². The molecule has 2 fully saturated rings. The molecule has 1 heteroatoms. The molecule has 1 nitrogen and oxygen atoms in total. The number of hydrogen-bond donors (Lipinski definition) is 0. The van der Waals surface area contributed by atoms with Crippen LogP contribution >= 0.6 is 0 Å². The van der Waals surface area contributed by atoms with Crippen LogP contribution in [0.4, 0.5) is 0 Å². The maximum absolute atomic E-state index is 2.74. The summed E-state index contributed by atoms with van der Waals surface area (Å²) in [7, 11) is 0. The van der Waals surface area contributed by atoms with Crippen molar-refractivity contribution in [1.29, 1.82) is 0 Å². The van der Waals surface area contributed by atoms with Gasteiger partial charge in [0, 0.05) is 12.1 Å². The molecule has 0 radical (unpaired) electrons. The second-order valence-corrected chi connectivity index (χ2v) is 3.67. The highest BCUT2D eigenvalue weighted by Gasteiger charge is 2.35. The summed E-state index contributed by atoms with van der Waals surface area (Å²) in [6.07, 6.45) is 7.26. The van der Waals surface area contributed by atoms with Crippen molar-refractivity contribution in [3.05, 3.63) is 0 Å². The Hall–Kier alpha value is -0.0400. The monoisotopic (exact) mass is 139 g/mol. The molecule has 0 aromatic carbocycles. The first kappa shape index (κ1) is 6.66. The van der Waals surface area contributed by atoms with E-state index in [0.29, 0.717) is 0 Å². The Morgan fingerprint density at radius 3 is 2.70 bits per heavy atom. The van der Waals surface area contributed by atoms with Crippen LogP contribution in [-0.4, -0.2) is 23.5 Å². The summed E-state index contributed by atoms with van der Waals surface area (Å²) in [5, 5.41) is 0. The van der Waals surface area contributed by atoms with Crippen molar-refractivity contribution in [2.45, 2.75) is 51.1 Å². The van der Waals surface area contributed by atoms with Crippen LogP contribution < -0.4 is 0 Å². The normalized spacial score (nSPS) is 35.1. The standard InChI is InChI=1S/C9H17N/c1-2-8-4-3-7-10(8)9-5-6-9/h8-9H,2-7H2,1H3/t8-/m1/s1. The average Bonchev–Trinajstić information content (AvgIpc) is 2.69. The molecule has 0 spiro atoms. The van der Waals surface area contributed by atoms with E-state index >= 15 is 0 Å². The van der Waals surface area contributed by atoms with Gasteiger partial charge in [-0.25, -0.2) is 0 Å². The van der Waals surface area contributed by atoms with Crippen LogP contribution in [0.3, 0.4) is 0 Å². The summed E-state index contributed by atoms with van der Waals surface area (Å²) >= 11 is 0. The van der Waals surface area contributed by atoms with Crippen LogP contribution in [0.2, 0.25) is 0 Å². The predicted octanol–water partition coefficient (Wildman–Crippen LogP) is 2.02. The minimum absolute atomic E-state index is 0.951. The van der Waals surface area contributed by atoms with Gasteiger partial charge in [0.2, 0.25) is 0 Å². The zero-order valence-electron chi connectivity index (χ0n) is 6.84. The van der Waals surface area contributed by atoms with Gasteiger partial charge in [-0.15, -0.1) is 0 Å². The van der Waals surface area contributed by atoms with Crippen molar-refractivity contribution in [1.82, 2.24) is 4.90 Å². The van der Waals surface area contributed by atoms with Crippen molar-refractivity contribution in [2.75, 3.05) is 6.54 Å². The summed E-state index contributed by atoms with van der Waals surface area (Å²) < 4.78 is 0. The molecule has 1 aliphatic carbocycles. The van der Waals surface area contributed by atoms with Gasteiger partial charge in [0.25, 0.3) is 0 Å². The largest absolute Gasteiger partial charge is 0.297 e. The van der Waals surface area contributed by atoms with Gasteiger partial charge >= 0.3 is 0 Å². The quantitative estimate of drug-likeness (QED) is 0.565. The molecule has 0 N–H and O–H groups in total. The summed E-state index contributed by atoms with van der Waals surface area (Å²) in [4.78, 5) is 2.74. The Kier molecular flexibility index (Phi) is 1.69. The lowest BCUT2D eigenvalue weighted by Crippen LogP contribution is -2.30. The second kappa shape index (κ2) is 2.54. The highest BCUT2D eigenvalue weighted by molar-refractivity contribution is 4.91. The van der Waals surface area contributed by atoms with Crippen molar-refractivity contribution in [2.24, 2.45) is 0 Å². The van der Waals surface area contributed by atoms with Gasteiger partial charge in [0.1, 0.15) is 0 Å². The van der Waals surface area contributed by atoms with E-state index in [1.54, 1.807) is 0 Å². The zero-order valence-corrected chi connectivity index (χ0v) is 6.84. The summed E-state index contributed by atoms with van der Waals surface area (Å²) in [5.74, 6) is 0. The Morgan fingerprint density at radius 1 is 1.30 bits per heavy atom. The molecular formula is C9H17N. The topological polar surface area (TPSA) is 3.24 Å². The van der Waals surface area contributed by atoms with E-state index in [-0.39, 0.29) is 0 Å². The number of rotatable bonds is 2. The number of likely N-dealkylation sites (tertiary alicyclic amines) is 1. The van der Waals surface area contributed by atoms with Gasteiger partial charge in [-0.3, -0.25) is 4.90 Å². The molecule has 1 atom stereocenters. The Labute approximate surface area is 63.4 Å². The number of nitrogens with zero attached hydrogens (tertiary/aromatic N) is 1. The minimum atomic E-state index is 0.951. The van der Waals surface area contributed by atoms with Crippen LogP contribution in [0.25, 0.3) is 0 Å². The molecule has 10 heavy (non-hydrogen) atoms. The van der Waals surface area contributed by atoms with E-state index in [1.165, 1.54) is 38.6 Å². The molecule has 1 aliphatic heterocycles. The highest BCUT2D eigenvalue weighted by atomic mass is 15.2. The lowest BCUT2D eigenvalue weighted by molar-refractivity contribution is 0.238. The van der Waals surface area contributed by atoms with Crippen molar-refractivity contribution in [3.8, 4) is 0 Å². The molecule has 0 unspecified atom stereocenters. The van der Waals surface area contributed by atoms with Crippen LogP contribution in [0.5, 0.6) is 0 Å². The second-order valence-electron chi connectivity index (χ2n) is 3.67. The molecule has 1 saturated carbocycles. The first-order chi connectivity index (χ1) is 4.92. The highest BCUT2D eigenvalue weighted by Crippen LogP contribution is 2.34. The SMILES string of the molecule is CC[C@@H]1CCCN1C1CC1. The Morgan fingerprint density at radius 2 is 2.10 bits per heavy atom. The summed E-state index contributed by atoms with van der Waals surface area (Å²) in [6.45, 7) is 3.72. The molecule has 0 bridgehead atoms. The maximum Gasteiger partial charge on any atom is 0.00993 e. The van der Waals surface area contributed by atoms with Crippen LogP contribution in [0.1, 0.15) is 39.0 Å². The molecule has 1 saturated heterocycles. The maximum atomic E-state index is 2.74. The first-order valence-electron chi connectivity index (χ1n) is 4.67. The van der Waals surface area contributed by atoms with Crippen molar-refractivity contribution >= 4 is 0 Å². The lowest BCUT2D eigenvalue weighted by atomic mass is 10.2. The molecule has 1 heterocycles. The Balaban J connectivity index is 1.91. The summed E-state index contributed by atoms with van der Waals surface area (Å²) in [5.41, 5.74) is 0. The van der Waals surface area contributed by atoms with Crippen molar-refractivity contribution in [3.63, 3.8) is 0 Å². The first-order valence-corrected chi connectivity index (χ1v) is 4.67. The van der Waals surface area contributed by atoms with E-state index in [9.17, 15) is 0 Å². The number of hydrogen-bond acceptors (Lipinski definition) is 1. The van der Waals surface area contributed by atoms with E-state index in [0.717, 1.165) is 12.1 Å². The van der Waals surface area contributed by atoms with E-state index in [2.05, 4.69) is 11.8 Å². The summed E-state index contributed by atoms with van der Waals surface area (Å²) in [6, 6.07) is 1.96. The van der Waals surface area contributed by atoms with Crippen LogP contribution in [0, 0.1) is 0 Å². The molecule has 0 amide bonds. The van der Waals surface area contributed by atoms with Gasteiger partial charge in [0.15, 0.2) is 0 Å². The third-order valence-corrected chi connectivity index (χ3v) is 2.91. The fourth-order valence-corrected chi connectivity index (χ4v) is 2.18. The van der Waals surface area contributed by atoms with Crippen molar-refractivity contribution < 1.29 is 0 Å². The van der Waals surface area contributed by atoms with Crippen LogP contribution in [0.15, 0.2) is 0 Å². The average molecular weight is 139 g/mol. The van der Waals surface area contributed by atoms with Gasteiger partial charge in [0.05, 0.1) is 0 Å². The predicted molar refractivity (Wildman–Crippen MR) is 43.0 cm³/mol. The van der Waals surface area contributed by atoms with E-state index in [1.807, 2.05) is 0 Å². The molecule has 2 aliphatic rings. The zero-order chi connectivity index (χ0) is 6.97. The smallest absolute Gasteiger partial charge is 0.00993 e. The molecule has 58 valence electrons. The third-order valence-electron chi connectivity index (χ3n) is 2.91. The van der Waals surface area contributed by atoms with Gasteiger partial charge in [-0.2, -0.15) is 0 Å². The third kappa shape index (κ3) is 1.07.